The van der Waals surface area contributed by atoms with Crippen molar-refractivity contribution in [2.75, 3.05) is 0 Å². The Kier molecular flexibility index (Phi) is 2.19. The van der Waals surface area contributed by atoms with Gasteiger partial charge >= 0.3 is 0 Å². The predicted octanol–water partition coefficient (Wildman–Crippen LogP) is 2.21. The summed E-state index contributed by atoms with van der Waals surface area (Å²) in [5, 5.41) is 0. The number of aldehydes is 1. The first-order chi connectivity index (χ1) is 8.36. The van der Waals surface area contributed by atoms with Gasteiger partial charge in [-0.3, -0.25) is 9.20 Å². The van der Waals surface area contributed by atoms with Crippen molar-refractivity contribution in [1.82, 2.24) is 14.4 Å². The Bertz CT molecular complexity index is 637. The average molecular weight is 223 g/mol. The van der Waals surface area contributed by atoms with Crippen LogP contribution < -0.4 is 0 Å². The van der Waals surface area contributed by atoms with Crippen LogP contribution in [-0.4, -0.2) is 20.7 Å². The number of hydrogen-bond donors (Lipinski definition) is 0. The first-order valence-corrected chi connectivity index (χ1v) is 5.22. The smallest absolute Gasteiger partial charge is 0.234 e. The third kappa shape index (κ3) is 1.69. The topological polar surface area (TPSA) is 47.3 Å². The third-order valence-corrected chi connectivity index (χ3v) is 2.58. The Hall–Kier alpha value is -2.49. The number of carbonyl (C=O) groups is 1. The molecular formula is C13H9N3O. The van der Waals surface area contributed by atoms with E-state index >= 15 is 0 Å². The van der Waals surface area contributed by atoms with Crippen LogP contribution in [0.15, 0.2) is 48.9 Å². The zero-order valence-electron chi connectivity index (χ0n) is 8.95. The molecule has 0 spiro atoms. The van der Waals surface area contributed by atoms with Gasteiger partial charge in [-0.05, 0) is 6.07 Å². The van der Waals surface area contributed by atoms with Crippen LogP contribution in [0, 0.1) is 0 Å². The predicted molar refractivity (Wildman–Crippen MR) is 63.8 cm³/mol. The van der Waals surface area contributed by atoms with E-state index < -0.39 is 0 Å². The zero-order valence-corrected chi connectivity index (χ0v) is 8.95. The van der Waals surface area contributed by atoms with E-state index in [0.717, 1.165) is 17.5 Å². The standard InChI is InChI=1S/C13H9N3O/c17-9-10-2-4-11(5-3-10)12-8-16-7-1-6-14-13(16)15-12/h1-9H. The maximum absolute atomic E-state index is 10.6. The molecule has 0 saturated heterocycles. The highest BCUT2D eigenvalue weighted by molar-refractivity contribution is 5.76. The number of nitrogens with zero attached hydrogens (tertiary/aromatic N) is 3. The first-order valence-electron chi connectivity index (χ1n) is 5.22. The number of fused-ring (bicyclic) bond motifs is 1. The molecule has 0 saturated carbocycles. The monoisotopic (exact) mass is 223 g/mol. The van der Waals surface area contributed by atoms with Crippen LogP contribution in [0.2, 0.25) is 0 Å². The normalized spacial score (nSPS) is 10.6. The van der Waals surface area contributed by atoms with Crippen LogP contribution >= 0.6 is 0 Å². The van der Waals surface area contributed by atoms with E-state index in [1.807, 2.05) is 35.0 Å². The molecule has 17 heavy (non-hydrogen) atoms. The van der Waals surface area contributed by atoms with E-state index in [1.165, 1.54) is 0 Å². The molecule has 0 fully saturated rings. The highest BCUT2D eigenvalue weighted by atomic mass is 16.1. The third-order valence-electron chi connectivity index (χ3n) is 2.58. The van der Waals surface area contributed by atoms with E-state index in [0.29, 0.717) is 11.3 Å². The van der Waals surface area contributed by atoms with Gasteiger partial charge in [0.05, 0.1) is 5.69 Å². The van der Waals surface area contributed by atoms with Gasteiger partial charge in [-0.2, -0.15) is 0 Å². The molecule has 0 unspecified atom stereocenters. The minimum Gasteiger partial charge on any atom is -0.298 e. The van der Waals surface area contributed by atoms with Gasteiger partial charge in [-0.15, -0.1) is 0 Å². The SMILES string of the molecule is O=Cc1ccc(-c2cn3cccnc3n2)cc1. The fraction of sp³-hybridized carbons (Fsp3) is 0. The molecule has 0 atom stereocenters. The molecule has 4 nitrogen and oxygen atoms in total. The number of hydrogen-bond acceptors (Lipinski definition) is 3. The number of rotatable bonds is 2. The van der Waals surface area contributed by atoms with Crippen molar-refractivity contribution in [3.05, 3.63) is 54.5 Å². The second-order valence-corrected chi connectivity index (χ2v) is 3.69. The molecule has 2 aromatic heterocycles. The minimum absolute atomic E-state index is 0.663. The van der Waals surface area contributed by atoms with E-state index in [4.69, 9.17) is 0 Å². The summed E-state index contributed by atoms with van der Waals surface area (Å²) in [5.74, 6) is 0.668. The van der Waals surface area contributed by atoms with Crippen molar-refractivity contribution in [3.8, 4) is 11.3 Å². The summed E-state index contributed by atoms with van der Waals surface area (Å²) < 4.78 is 1.86. The molecule has 1 aromatic carbocycles. The summed E-state index contributed by atoms with van der Waals surface area (Å²) in [4.78, 5) is 19.1. The second kappa shape index (κ2) is 3.83. The van der Waals surface area contributed by atoms with Gasteiger partial charge in [0.15, 0.2) is 0 Å². The lowest BCUT2D eigenvalue weighted by Gasteiger charge is -1.95. The van der Waals surface area contributed by atoms with Crippen molar-refractivity contribution in [2.45, 2.75) is 0 Å². The number of carbonyl (C=O) groups excluding carboxylic acids is 1. The molecule has 0 amide bonds. The van der Waals surface area contributed by atoms with Crippen molar-refractivity contribution in [2.24, 2.45) is 0 Å². The van der Waals surface area contributed by atoms with Crippen molar-refractivity contribution >= 4 is 12.1 Å². The molecule has 3 aromatic rings. The second-order valence-electron chi connectivity index (χ2n) is 3.69. The van der Waals surface area contributed by atoms with Crippen LogP contribution in [0.1, 0.15) is 10.4 Å². The van der Waals surface area contributed by atoms with Gasteiger partial charge in [0.2, 0.25) is 5.78 Å². The summed E-state index contributed by atoms with van der Waals surface area (Å²) in [6.45, 7) is 0. The molecule has 2 heterocycles. The van der Waals surface area contributed by atoms with Crippen LogP contribution in [0.5, 0.6) is 0 Å². The van der Waals surface area contributed by atoms with Crippen LogP contribution in [0.3, 0.4) is 0 Å². The van der Waals surface area contributed by atoms with Crippen molar-refractivity contribution < 1.29 is 4.79 Å². The Morgan fingerprint density at radius 1 is 1.18 bits per heavy atom. The lowest BCUT2D eigenvalue weighted by molar-refractivity contribution is 0.112. The van der Waals surface area contributed by atoms with E-state index in [1.54, 1.807) is 18.3 Å². The number of benzene rings is 1. The van der Waals surface area contributed by atoms with Gasteiger partial charge in [0, 0.05) is 29.7 Å². The van der Waals surface area contributed by atoms with Crippen molar-refractivity contribution in [1.29, 1.82) is 0 Å². The molecular weight excluding hydrogens is 214 g/mol. The molecule has 0 aliphatic heterocycles. The molecule has 0 bridgehead atoms. The minimum atomic E-state index is 0.663. The highest BCUT2D eigenvalue weighted by Crippen LogP contribution is 2.18. The van der Waals surface area contributed by atoms with Gasteiger partial charge in [-0.25, -0.2) is 9.97 Å². The van der Waals surface area contributed by atoms with E-state index in [9.17, 15) is 4.79 Å². The van der Waals surface area contributed by atoms with Crippen LogP contribution in [-0.2, 0) is 0 Å². The maximum Gasteiger partial charge on any atom is 0.234 e. The summed E-state index contributed by atoms with van der Waals surface area (Å²) in [6, 6.07) is 9.17. The Morgan fingerprint density at radius 3 is 2.71 bits per heavy atom. The van der Waals surface area contributed by atoms with Gasteiger partial charge in [0.25, 0.3) is 0 Å². The molecule has 0 N–H and O–H groups in total. The molecule has 4 heteroatoms. The van der Waals surface area contributed by atoms with Gasteiger partial charge < -0.3 is 0 Å². The zero-order chi connectivity index (χ0) is 11.7. The van der Waals surface area contributed by atoms with Crippen molar-refractivity contribution in [3.63, 3.8) is 0 Å². The highest BCUT2D eigenvalue weighted by Gasteiger charge is 2.04. The molecule has 3 rings (SSSR count). The Balaban J connectivity index is 2.10. The number of imidazole rings is 1. The molecule has 82 valence electrons. The summed E-state index contributed by atoms with van der Waals surface area (Å²) in [5.41, 5.74) is 2.48. The molecule has 0 radical (unpaired) electrons. The lowest BCUT2D eigenvalue weighted by Crippen LogP contribution is -1.83. The molecule has 0 aliphatic carbocycles. The Morgan fingerprint density at radius 2 is 2.00 bits per heavy atom. The molecule has 0 aliphatic rings. The fourth-order valence-electron chi connectivity index (χ4n) is 1.70. The summed E-state index contributed by atoms with van der Waals surface area (Å²) >= 11 is 0. The van der Waals surface area contributed by atoms with E-state index in [-0.39, 0.29) is 0 Å². The summed E-state index contributed by atoms with van der Waals surface area (Å²) in [6.07, 6.45) is 6.35. The number of aromatic nitrogens is 3. The van der Waals surface area contributed by atoms with Gasteiger partial charge in [0.1, 0.15) is 6.29 Å². The lowest BCUT2D eigenvalue weighted by atomic mass is 10.1. The Labute approximate surface area is 97.6 Å². The van der Waals surface area contributed by atoms with Crippen LogP contribution in [0.4, 0.5) is 0 Å². The maximum atomic E-state index is 10.6. The van der Waals surface area contributed by atoms with Gasteiger partial charge in [-0.1, -0.05) is 24.3 Å². The quantitative estimate of drug-likeness (QED) is 0.626. The largest absolute Gasteiger partial charge is 0.298 e. The summed E-state index contributed by atoms with van der Waals surface area (Å²) in [7, 11) is 0. The first kappa shape index (κ1) is 9.72. The van der Waals surface area contributed by atoms with Crippen LogP contribution in [0.25, 0.3) is 17.0 Å². The fourth-order valence-corrected chi connectivity index (χ4v) is 1.70. The average Bonchev–Trinajstić information content (AvgIpc) is 2.82. The van der Waals surface area contributed by atoms with E-state index in [2.05, 4.69) is 9.97 Å².